The van der Waals surface area contributed by atoms with Gasteiger partial charge in [-0.1, -0.05) is 60.7 Å². The summed E-state index contributed by atoms with van der Waals surface area (Å²) in [5, 5.41) is 16.1. The standard InChI is InChI=1S/C26H28N2O2.CH2O2/c1-27-16-24-7-4-3-6-22(24)15-25(27)17-28(2)26(30)23-9-5-8-21(14-23)20-12-10-19(18-29)11-13-20;2-1-3/h3-14,25,29H,15-18H2,1-2H3;1H,(H,2,3). The second kappa shape index (κ2) is 11.4. The van der Waals surface area contributed by atoms with Gasteiger partial charge in [0.25, 0.3) is 12.4 Å². The molecule has 0 radical (unpaired) electrons. The number of carbonyl (C=O) groups excluding carboxylic acids is 1. The third-order valence-electron chi connectivity index (χ3n) is 6.03. The largest absolute Gasteiger partial charge is 0.483 e. The molecule has 2 N–H and O–H groups in total. The van der Waals surface area contributed by atoms with Gasteiger partial charge in [-0.25, -0.2) is 0 Å². The molecule has 1 aliphatic rings. The summed E-state index contributed by atoms with van der Waals surface area (Å²) in [4.78, 5) is 25.7. The summed E-state index contributed by atoms with van der Waals surface area (Å²) in [6.45, 7) is 1.39. The summed E-state index contributed by atoms with van der Waals surface area (Å²) in [7, 11) is 4.02. The molecule has 1 amide bonds. The van der Waals surface area contributed by atoms with Gasteiger partial charge in [-0.3, -0.25) is 14.5 Å². The highest BCUT2D eigenvalue weighted by molar-refractivity contribution is 5.95. The molecule has 0 bridgehead atoms. The molecule has 4 rings (SSSR count). The SMILES string of the molecule is CN(CC1Cc2ccccc2CN1C)C(=O)c1cccc(-c2ccc(CO)cc2)c1.O=CO. The normalized spacial score (nSPS) is 15.1. The first-order chi connectivity index (χ1) is 16.0. The van der Waals surface area contributed by atoms with Crippen LogP contribution in [0.1, 0.15) is 27.0 Å². The van der Waals surface area contributed by atoms with Crippen molar-refractivity contribution in [3.63, 3.8) is 0 Å². The molecule has 6 heteroatoms. The lowest BCUT2D eigenvalue weighted by Gasteiger charge is -2.36. The Hall–Kier alpha value is -3.48. The van der Waals surface area contributed by atoms with Crippen LogP contribution in [0.3, 0.4) is 0 Å². The lowest BCUT2D eigenvalue weighted by molar-refractivity contribution is -0.122. The highest BCUT2D eigenvalue weighted by atomic mass is 16.3. The molecule has 0 saturated carbocycles. The average molecular weight is 447 g/mol. The van der Waals surface area contributed by atoms with E-state index in [2.05, 4.69) is 36.2 Å². The van der Waals surface area contributed by atoms with Crippen molar-refractivity contribution in [3.8, 4) is 11.1 Å². The minimum atomic E-state index is -0.250. The Morgan fingerprint density at radius 2 is 1.70 bits per heavy atom. The van der Waals surface area contributed by atoms with Crippen LogP contribution in [0.15, 0.2) is 72.8 Å². The van der Waals surface area contributed by atoms with Gasteiger partial charge in [0.1, 0.15) is 0 Å². The van der Waals surface area contributed by atoms with Crippen LogP contribution in [-0.2, 0) is 24.4 Å². The van der Waals surface area contributed by atoms with Crippen LogP contribution in [0, 0.1) is 0 Å². The Bertz CT molecular complexity index is 1080. The molecule has 3 aromatic rings. The van der Waals surface area contributed by atoms with Gasteiger partial charge in [-0.15, -0.1) is 0 Å². The zero-order chi connectivity index (χ0) is 23.8. The second-order valence-corrected chi connectivity index (χ2v) is 8.27. The first-order valence-corrected chi connectivity index (χ1v) is 10.9. The highest BCUT2D eigenvalue weighted by Gasteiger charge is 2.25. The molecule has 1 aliphatic heterocycles. The molecule has 0 saturated heterocycles. The van der Waals surface area contributed by atoms with Gasteiger partial charge in [-0.2, -0.15) is 0 Å². The minimum Gasteiger partial charge on any atom is -0.483 e. The number of fused-ring (bicyclic) bond motifs is 1. The van der Waals surface area contributed by atoms with Crippen LogP contribution in [0.2, 0.25) is 0 Å². The van der Waals surface area contributed by atoms with Crippen molar-refractivity contribution in [2.24, 2.45) is 0 Å². The number of nitrogens with zero attached hydrogens (tertiary/aromatic N) is 2. The fraction of sp³-hybridized carbons (Fsp3) is 0.259. The summed E-state index contributed by atoms with van der Waals surface area (Å²) in [5.41, 5.74) is 6.37. The Morgan fingerprint density at radius 3 is 2.36 bits per heavy atom. The second-order valence-electron chi connectivity index (χ2n) is 8.27. The van der Waals surface area contributed by atoms with Crippen molar-refractivity contribution in [2.75, 3.05) is 20.6 Å². The van der Waals surface area contributed by atoms with Crippen molar-refractivity contribution in [1.29, 1.82) is 0 Å². The van der Waals surface area contributed by atoms with E-state index in [1.54, 1.807) is 0 Å². The number of amides is 1. The highest BCUT2D eigenvalue weighted by Crippen LogP contribution is 2.24. The number of rotatable bonds is 5. The quantitative estimate of drug-likeness (QED) is 0.585. The molecule has 0 aliphatic carbocycles. The first-order valence-electron chi connectivity index (χ1n) is 10.9. The maximum absolute atomic E-state index is 13.1. The van der Waals surface area contributed by atoms with Gasteiger partial charge in [0, 0.05) is 31.7 Å². The first kappa shape index (κ1) is 24.2. The molecule has 3 aromatic carbocycles. The molecule has 0 fully saturated rings. The van der Waals surface area contributed by atoms with E-state index >= 15 is 0 Å². The smallest absolute Gasteiger partial charge is 0.290 e. The van der Waals surface area contributed by atoms with Gasteiger partial charge < -0.3 is 15.1 Å². The van der Waals surface area contributed by atoms with Crippen LogP contribution in [0.25, 0.3) is 11.1 Å². The van der Waals surface area contributed by atoms with E-state index in [4.69, 9.17) is 9.90 Å². The van der Waals surface area contributed by atoms with E-state index in [9.17, 15) is 9.90 Å². The number of carbonyl (C=O) groups is 2. The molecular weight excluding hydrogens is 416 g/mol. The van der Waals surface area contributed by atoms with Crippen molar-refractivity contribution in [2.45, 2.75) is 25.6 Å². The molecule has 1 atom stereocenters. The van der Waals surface area contributed by atoms with E-state index in [0.717, 1.165) is 29.7 Å². The van der Waals surface area contributed by atoms with Crippen LogP contribution < -0.4 is 0 Å². The van der Waals surface area contributed by atoms with Crippen molar-refractivity contribution in [1.82, 2.24) is 9.80 Å². The molecule has 1 unspecified atom stereocenters. The molecule has 33 heavy (non-hydrogen) atoms. The molecular formula is C27H30N2O4. The summed E-state index contributed by atoms with van der Waals surface area (Å²) in [5.74, 6) is 0.0380. The molecule has 172 valence electrons. The van der Waals surface area contributed by atoms with E-state index in [1.807, 2.05) is 60.5 Å². The maximum atomic E-state index is 13.1. The van der Waals surface area contributed by atoms with Crippen LogP contribution in [0.5, 0.6) is 0 Å². The number of aliphatic hydroxyl groups is 1. The minimum absolute atomic E-state index is 0.0314. The van der Waals surface area contributed by atoms with E-state index in [-0.39, 0.29) is 19.0 Å². The van der Waals surface area contributed by atoms with Crippen LogP contribution in [-0.4, -0.2) is 59.1 Å². The lowest BCUT2D eigenvalue weighted by Crippen LogP contribution is -2.46. The fourth-order valence-corrected chi connectivity index (χ4v) is 4.18. The van der Waals surface area contributed by atoms with Gasteiger partial charge in [0.2, 0.25) is 0 Å². The summed E-state index contributed by atoms with van der Waals surface area (Å²) < 4.78 is 0. The molecule has 1 heterocycles. The molecule has 6 nitrogen and oxygen atoms in total. The number of benzene rings is 3. The number of hydrogen-bond donors (Lipinski definition) is 2. The zero-order valence-corrected chi connectivity index (χ0v) is 19.0. The molecule has 0 spiro atoms. The number of carboxylic acid groups (broad SMARTS) is 1. The third kappa shape index (κ3) is 6.06. The third-order valence-corrected chi connectivity index (χ3v) is 6.03. The Labute approximate surface area is 194 Å². The van der Waals surface area contributed by atoms with Crippen molar-refractivity contribution < 1.29 is 19.8 Å². The number of hydrogen-bond acceptors (Lipinski definition) is 4. The predicted octanol–water partition coefficient (Wildman–Crippen LogP) is 3.68. The Kier molecular flexibility index (Phi) is 8.35. The average Bonchev–Trinajstić information content (AvgIpc) is 2.84. The predicted molar refractivity (Wildman–Crippen MR) is 129 cm³/mol. The van der Waals surface area contributed by atoms with Gasteiger partial charge in [-0.05, 0) is 53.4 Å². The maximum Gasteiger partial charge on any atom is 0.290 e. The Balaban J connectivity index is 0.000000968. The van der Waals surface area contributed by atoms with Crippen molar-refractivity contribution in [3.05, 3.63) is 95.1 Å². The van der Waals surface area contributed by atoms with Crippen LogP contribution >= 0.6 is 0 Å². The van der Waals surface area contributed by atoms with Gasteiger partial charge >= 0.3 is 0 Å². The number of aliphatic hydroxyl groups excluding tert-OH is 1. The molecule has 0 aromatic heterocycles. The monoisotopic (exact) mass is 446 g/mol. The van der Waals surface area contributed by atoms with Crippen LogP contribution in [0.4, 0.5) is 0 Å². The van der Waals surface area contributed by atoms with Gasteiger partial charge in [0.05, 0.1) is 6.61 Å². The topological polar surface area (TPSA) is 81.1 Å². The van der Waals surface area contributed by atoms with Crippen molar-refractivity contribution >= 4 is 12.4 Å². The summed E-state index contributed by atoms with van der Waals surface area (Å²) in [6, 6.07) is 24.4. The fourth-order valence-electron chi connectivity index (χ4n) is 4.18. The lowest BCUT2D eigenvalue weighted by atomic mass is 9.94. The van der Waals surface area contributed by atoms with E-state index in [0.29, 0.717) is 18.2 Å². The summed E-state index contributed by atoms with van der Waals surface area (Å²) in [6.07, 6.45) is 0.960. The van der Waals surface area contributed by atoms with E-state index < -0.39 is 0 Å². The zero-order valence-electron chi connectivity index (χ0n) is 19.0. The number of likely N-dealkylation sites (N-methyl/N-ethyl adjacent to an activating group) is 2. The Morgan fingerprint density at radius 1 is 1.03 bits per heavy atom. The summed E-state index contributed by atoms with van der Waals surface area (Å²) >= 11 is 0. The van der Waals surface area contributed by atoms with Gasteiger partial charge in [0.15, 0.2) is 0 Å². The van der Waals surface area contributed by atoms with E-state index in [1.165, 1.54) is 11.1 Å².